The summed E-state index contributed by atoms with van der Waals surface area (Å²) in [5, 5.41) is 23.4. The Morgan fingerprint density at radius 2 is 1.58 bits per heavy atom. The summed E-state index contributed by atoms with van der Waals surface area (Å²) >= 11 is 0. The van der Waals surface area contributed by atoms with Gasteiger partial charge in [0.15, 0.2) is 0 Å². The number of aliphatic carboxylic acids is 1. The molecule has 4 saturated carbocycles. The van der Waals surface area contributed by atoms with Gasteiger partial charge in [0.2, 0.25) is 5.91 Å². The molecule has 0 aromatic rings. The van der Waals surface area contributed by atoms with E-state index in [1.807, 2.05) is 0 Å². The van der Waals surface area contributed by atoms with Gasteiger partial charge in [0.1, 0.15) is 6.04 Å². The van der Waals surface area contributed by atoms with Crippen LogP contribution in [0.3, 0.4) is 0 Å². The lowest BCUT2D eigenvalue weighted by Crippen LogP contribution is -2.65. The minimum atomic E-state index is -0.971. The van der Waals surface area contributed by atoms with E-state index >= 15 is 0 Å². The largest absolute Gasteiger partial charge is 0.480 e. The second-order valence-corrected chi connectivity index (χ2v) is 16.3. The molecule has 0 saturated heterocycles. The zero-order chi connectivity index (χ0) is 28.1. The van der Waals surface area contributed by atoms with E-state index in [-0.39, 0.29) is 45.0 Å². The van der Waals surface area contributed by atoms with Crippen LogP contribution in [0.4, 0.5) is 0 Å². The number of allylic oxidation sites excluding steroid dienone is 2. The summed E-state index contributed by atoms with van der Waals surface area (Å²) in [5.41, 5.74) is 1.49. The van der Waals surface area contributed by atoms with E-state index in [4.69, 9.17) is 0 Å². The zero-order valence-corrected chi connectivity index (χ0v) is 25.2. The molecule has 5 nitrogen and oxygen atoms in total. The van der Waals surface area contributed by atoms with Crippen molar-refractivity contribution in [1.82, 2.24) is 5.32 Å². The maximum absolute atomic E-state index is 13.9. The number of carboxylic acid groups (broad SMARTS) is 1. The number of hydrogen-bond donors (Lipinski definition) is 3. The molecule has 5 rings (SSSR count). The topological polar surface area (TPSA) is 86.6 Å². The third kappa shape index (κ3) is 3.65. The number of hydrogen-bond acceptors (Lipinski definition) is 3. The number of nitrogens with one attached hydrogen (secondary N) is 1. The van der Waals surface area contributed by atoms with E-state index in [0.29, 0.717) is 11.8 Å². The lowest BCUT2D eigenvalue weighted by atomic mass is 9.33. The Balaban J connectivity index is 1.56. The van der Waals surface area contributed by atoms with Gasteiger partial charge in [-0.2, -0.15) is 0 Å². The SMILES string of the molecule is CC(NC(=O)C12CCC(C)(C)CC1C1=CCC3C4(C)CCC(O)C(C)(C)C4CCC3(C)C1(C)CC2)C(=O)O. The van der Waals surface area contributed by atoms with Crippen LogP contribution >= 0.6 is 0 Å². The van der Waals surface area contributed by atoms with Crippen LogP contribution in [0.15, 0.2) is 11.6 Å². The predicted octanol–water partition coefficient (Wildman–Crippen LogP) is 6.74. The summed E-state index contributed by atoms with van der Waals surface area (Å²) in [4.78, 5) is 25.6. The van der Waals surface area contributed by atoms with Crippen molar-refractivity contribution in [1.29, 1.82) is 0 Å². The molecule has 3 N–H and O–H groups in total. The Labute approximate surface area is 230 Å². The quantitative estimate of drug-likeness (QED) is 0.355. The van der Waals surface area contributed by atoms with Gasteiger partial charge in [-0.3, -0.25) is 9.59 Å². The number of rotatable bonds is 3. The van der Waals surface area contributed by atoms with Crippen LogP contribution in [0.1, 0.15) is 120 Å². The molecule has 5 heteroatoms. The predicted molar refractivity (Wildman–Crippen MR) is 150 cm³/mol. The molecule has 0 aromatic heterocycles. The molecule has 0 bridgehead atoms. The van der Waals surface area contributed by atoms with Crippen LogP contribution in [0.25, 0.3) is 0 Å². The van der Waals surface area contributed by atoms with Crippen LogP contribution < -0.4 is 5.32 Å². The first-order valence-corrected chi connectivity index (χ1v) is 15.4. The van der Waals surface area contributed by atoms with Crippen molar-refractivity contribution in [2.24, 2.45) is 50.2 Å². The molecular formula is C33H53NO4. The van der Waals surface area contributed by atoms with Gasteiger partial charge in [0, 0.05) is 0 Å². The molecular weight excluding hydrogens is 474 g/mol. The van der Waals surface area contributed by atoms with Gasteiger partial charge < -0.3 is 15.5 Å². The van der Waals surface area contributed by atoms with E-state index < -0.39 is 17.4 Å². The molecule has 9 atom stereocenters. The summed E-state index contributed by atoms with van der Waals surface area (Å²) in [5.74, 6) is 0.246. The second-order valence-electron chi connectivity index (χ2n) is 16.3. The summed E-state index contributed by atoms with van der Waals surface area (Å²) in [6, 6.07) is -0.872. The maximum Gasteiger partial charge on any atom is 0.325 e. The monoisotopic (exact) mass is 527 g/mol. The first-order chi connectivity index (χ1) is 17.4. The van der Waals surface area contributed by atoms with Gasteiger partial charge in [-0.25, -0.2) is 0 Å². The van der Waals surface area contributed by atoms with Gasteiger partial charge >= 0.3 is 5.97 Å². The van der Waals surface area contributed by atoms with Gasteiger partial charge in [-0.15, -0.1) is 0 Å². The first-order valence-electron chi connectivity index (χ1n) is 15.4. The highest BCUT2D eigenvalue weighted by atomic mass is 16.4. The summed E-state index contributed by atoms with van der Waals surface area (Å²) in [7, 11) is 0. The molecule has 0 heterocycles. The number of aliphatic hydroxyl groups excluding tert-OH is 1. The zero-order valence-electron chi connectivity index (χ0n) is 25.2. The number of amides is 1. The molecule has 0 aromatic carbocycles. The molecule has 1 amide bonds. The smallest absolute Gasteiger partial charge is 0.325 e. The Kier molecular flexibility index (Phi) is 6.36. The summed E-state index contributed by atoms with van der Waals surface area (Å²) < 4.78 is 0. The average Bonchev–Trinajstić information content (AvgIpc) is 2.81. The first kappa shape index (κ1) is 28.2. The van der Waals surface area contributed by atoms with Crippen molar-refractivity contribution in [2.45, 2.75) is 132 Å². The van der Waals surface area contributed by atoms with E-state index in [2.05, 4.69) is 59.9 Å². The Morgan fingerprint density at radius 3 is 2.24 bits per heavy atom. The number of aliphatic hydroxyl groups is 1. The summed E-state index contributed by atoms with van der Waals surface area (Å²) in [6.07, 6.45) is 12.4. The lowest BCUT2D eigenvalue weighted by molar-refractivity contribution is -0.203. The van der Waals surface area contributed by atoms with E-state index in [1.165, 1.54) is 12.0 Å². The third-order valence-corrected chi connectivity index (χ3v) is 13.8. The fourth-order valence-corrected chi connectivity index (χ4v) is 11.0. The fraction of sp³-hybridized carbons (Fsp3) is 0.879. The van der Waals surface area contributed by atoms with Crippen molar-refractivity contribution >= 4 is 11.9 Å². The van der Waals surface area contributed by atoms with Crippen molar-refractivity contribution < 1.29 is 19.8 Å². The molecule has 0 aliphatic heterocycles. The Morgan fingerprint density at radius 1 is 0.921 bits per heavy atom. The number of carbonyl (C=O) groups is 2. The van der Waals surface area contributed by atoms with Crippen LogP contribution in [0.2, 0.25) is 0 Å². The molecule has 0 radical (unpaired) electrons. The molecule has 5 aliphatic carbocycles. The van der Waals surface area contributed by atoms with Gasteiger partial charge in [0.05, 0.1) is 11.5 Å². The molecule has 4 fully saturated rings. The molecule has 5 aliphatic rings. The molecule has 214 valence electrons. The maximum atomic E-state index is 13.9. The minimum Gasteiger partial charge on any atom is -0.480 e. The molecule has 38 heavy (non-hydrogen) atoms. The van der Waals surface area contributed by atoms with E-state index in [0.717, 1.165) is 57.8 Å². The second kappa shape index (κ2) is 8.57. The molecule has 0 spiro atoms. The number of fused-ring (bicyclic) bond motifs is 7. The lowest BCUT2D eigenvalue weighted by Gasteiger charge is -2.71. The highest BCUT2D eigenvalue weighted by Crippen LogP contribution is 2.75. The highest BCUT2D eigenvalue weighted by molar-refractivity contribution is 5.88. The fourth-order valence-electron chi connectivity index (χ4n) is 11.0. The van der Waals surface area contributed by atoms with Gasteiger partial charge in [0.25, 0.3) is 0 Å². The standard InChI is InChI=1S/C33H53NO4/c1-20(26(36)37)34-27(38)33-17-15-28(2,3)19-22(33)21-9-10-24-30(6)13-12-25(35)29(4,5)23(30)11-14-32(24,8)31(21,7)16-18-33/h9,20,22-25,35H,10-19H2,1-8H3,(H,34,38)(H,36,37). The number of carboxylic acids is 1. The summed E-state index contributed by atoms with van der Waals surface area (Å²) in [6.45, 7) is 18.5. The van der Waals surface area contributed by atoms with Gasteiger partial charge in [-0.1, -0.05) is 60.1 Å². The Hall–Kier alpha value is -1.36. The normalized spacial score (nSPS) is 47.8. The Bertz CT molecular complexity index is 1050. The van der Waals surface area contributed by atoms with Crippen LogP contribution in [-0.4, -0.2) is 34.2 Å². The van der Waals surface area contributed by atoms with Crippen molar-refractivity contribution in [3.05, 3.63) is 11.6 Å². The molecule has 9 unspecified atom stereocenters. The van der Waals surface area contributed by atoms with Crippen molar-refractivity contribution in [2.75, 3.05) is 0 Å². The van der Waals surface area contributed by atoms with Crippen LogP contribution in [0, 0.1) is 50.2 Å². The minimum absolute atomic E-state index is 0.0321. The van der Waals surface area contributed by atoms with E-state index in [9.17, 15) is 19.8 Å². The average molecular weight is 528 g/mol. The van der Waals surface area contributed by atoms with Crippen LogP contribution in [-0.2, 0) is 9.59 Å². The van der Waals surface area contributed by atoms with Crippen molar-refractivity contribution in [3.8, 4) is 0 Å². The van der Waals surface area contributed by atoms with E-state index in [1.54, 1.807) is 6.92 Å². The van der Waals surface area contributed by atoms with Crippen molar-refractivity contribution in [3.63, 3.8) is 0 Å². The van der Waals surface area contributed by atoms with Gasteiger partial charge in [-0.05, 0) is 116 Å². The van der Waals surface area contributed by atoms with Crippen LogP contribution in [0.5, 0.6) is 0 Å². The highest BCUT2D eigenvalue weighted by Gasteiger charge is 2.69. The third-order valence-electron chi connectivity index (χ3n) is 13.8. The number of carbonyl (C=O) groups excluding carboxylic acids is 1.